The van der Waals surface area contributed by atoms with Crippen LogP contribution in [-0.2, 0) is 11.3 Å². The van der Waals surface area contributed by atoms with E-state index in [2.05, 4.69) is 10.3 Å². The van der Waals surface area contributed by atoms with E-state index in [4.69, 9.17) is 9.47 Å². The van der Waals surface area contributed by atoms with Crippen molar-refractivity contribution < 1.29 is 14.3 Å². The lowest BCUT2D eigenvalue weighted by Gasteiger charge is -2.23. The molecule has 1 aliphatic carbocycles. The maximum atomic E-state index is 12.4. The van der Waals surface area contributed by atoms with Crippen LogP contribution in [0, 0.1) is 6.92 Å². The van der Waals surface area contributed by atoms with Gasteiger partial charge in [-0.2, -0.15) is 0 Å². The third kappa shape index (κ3) is 2.92. The van der Waals surface area contributed by atoms with Crippen molar-refractivity contribution in [2.75, 3.05) is 13.2 Å². The summed E-state index contributed by atoms with van der Waals surface area (Å²) in [5.74, 6) is 2.33. The number of nitrogens with zero attached hydrogens (tertiary/aromatic N) is 2. The Hall–Kier alpha value is -2.24. The van der Waals surface area contributed by atoms with Crippen molar-refractivity contribution in [2.24, 2.45) is 0 Å². The highest BCUT2D eigenvalue weighted by Crippen LogP contribution is 2.34. The van der Waals surface area contributed by atoms with Gasteiger partial charge in [0.15, 0.2) is 11.5 Å². The Balaban J connectivity index is 1.56. The predicted molar refractivity (Wildman–Crippen MR) is 90.5 cm³/mol. The molecule has 2 aromatic rings. The van der Waals surface area contributed by atoms with Crippen molar-refractivity contribution in [3.05, 3.63) is 18.0 Å². The first-order valence-corrected chi connectivity index (χ1v) is 8.76. The Morgan fingerprint density at radius 1 is 1.21 bits per heavy atom. The molecule has 1 fully saturated rings. The van der Waals surface area contributed by atoms with Crippen LogP contribution in [0.25, 0.3) is 11.0 Å². The maximum Gasteiger partial charge on any atom is 0.240 e. The zero-order valence-electron chi connectivity index (χ0n) is 14.0. The molecule has 0 atom stereocenters. The van der Waals surface area contributed by atoms with Crippen LogP contribution in [-0.4, -0.2) is 34.7 Å². The molecule has 4 rings (SSSR count). The lowest BCUT2D eigenvalue weighted by Crippen LogP contribution is -2.38. The number of benzene rings is 1. The number of fused-ring (bicyclic) bond motifs is 2. The number of nitrogens with one attached hydrogen (secondary N) is 1. The summed E-state index contributed by atoms with van der Waals surface area (Å²) in [4.78, 5) is 17.0. The number of amides is 1. The van der Waals surface area contributed by atoms with Gasteiger partial charge in [-0.15, -0.1) is 0 Å². The fourth-order valence-electron chi connectivity index (χ4n) is 3.65. The monoisotopic (exact) mass is 329 g/mol. The van der Waals surface area contributed by atoms with Crippen LogP contribution in [0.5, 0.6) is 11.5 Å². The van der Waals surface area contributed by atoms with E-state index >= 15 is 0 Å². The van der Waals surface area contributed by atoms with Crippen LogP contribution in [0.2, 0.25) is 0 Å². The lowest BCUT2D eigenvalue weighted by atomic mass is 9.95. The quantitative estimate of drug-likeness (QED) is 0.940. The molecule has 0 radical (unpaired) electrons. The summed E-state index contributed by atoms with van der Waals surface area (Å²) in [6.45, 7) is 3.32. The van der Waals surface area contributed by atoms with Crippen LogP contribution in [0.3, 0.4) is 0 Å². The Morgan fingerprint density at radius 2 is 1.92 bits per heavy atom. The van der Waals surface area contributed by atoms with E-state index in [0.717, 1.165) is 41.2 Å². The standard InChI is InChI=1S/C18H23N3O3/c1-12-19-14-9-16-17(24-8-7-23-16)10-15(14)21(12)11-18(22)20-13-5-3-2-4-6-13/h9-10,13H,2-8,11H2,1H3,(H,20,22). The SMILES string of the molecule is Cc1nc2cc3c(cc2n1CC(=O)NC1CCCCC1)OCCO3. The highest BCUT2D eigenvalue weighted by atomic mass is 16.6. The average Bonchev–Trinajstić information content (AvgIpc) is 2.88. The lowest BCUT2D eigenvalue weighted by molar-refractivity contribution is -0.122. The van der Waals surface area contributed by atoms with Crippen molar-refractivity contribution in [3.8, 4) is 11.5 Å². The fourth-order valence-corrected chi connectivity index (χ4v) is 3.65. The number of hydrogen-bond donors (Lipinski definition) is 1. The molecule has 6 nitrogen and oxygen atoms in total. The van der Waals surface area contributed by atoms with Crippen LogP contribution >= 0.6 is 0 Å². The Bertz CT molecular complexity index is 762. The van der Waals surface area contributed by atoms with Gasteiger partial charge in [0.2, 0.25) is 5.91 Å². The Kier molecular flexibility index (Phi) is 4.04. The molecule has 1 N–H and O–H groups in total. The number of carbonyl (C=O) groups is 1. The van der Waals surface area contributed by atoms with Gasteiger partial charge in [0.25, 0.3) is 0 Å². The number of hydrogen-bond acceptors (Lipinski definition) is 4. The summed E-state index contributed by atoms with van der Waals surface area (Å²) < 4.78 is 13.2. The molecular formula is C18H23N3O3. The third-order valence-corrected chi connectivity index (χ3v) is 4.88. The van der Waals surface area contributed by atoms with Crippen molar-refractivity contribution in [3.63, 3.8) is 0 Å². The predicted octanol–water partition coefficient (Wildman–Crippen LogP) is 2.56. The zero-order chi connectivity index (χ0) is 16.5. The van der Waals surface area contributed by atoms with Crippen molar-refractivity contribution in [1.82, 2.24) is 14.9 Å². The topological polar surface area (TPSA) is 65.4 Å². The fraction of sp³-hybridized carbons (Fsp3) is 0.556. The normalized spacial score (nSPS) is 17.9. The van der Waals surface area contributed by atoms with E-state index in [-0.39, 0.29) is 5.91 Å². The second-order valence-corrected chi connectivity index (χ2v) is 6.63. The number of imidazole rings is 1. The van der Waals surface area contributed by atoms with Gasteiger partial charge in [0.1, 0.15) is 25.6 Å². The number of carbonyl (C=O) groups excluding carboxylic acids is 1. The van der Waals surface area contributed by atoms with Gasteiger partial charge in [0.05, 0.1) is 11.0 Å². The molecule has 6 heteroatoms. The molecular weight excluding hydrogens is 306 g/mol. The van der Waals surface area contributed by atoms with Gasteiger partial charge < -0.3 is 19.4 Å². The highest BCUT2D eigenvalue weighted by Gasteiger charge is 2.20. The van der Waals surface area contributed by atoms with E-state index in [1.54, 1.807) is 0 Å². The van der Waals surface area contributed by atoms with E-state index in [0.29, 0.717) is 25.8 Å². The molecule has 0 bridgehead atoms. The molecule has 0 unspecified atom stereocenters. The first kappa shape index (κ1) is 15.3. The first-order valence-electron chi connectivity index (χ1n) is 8.76. The Morgan fingerprint density at radius 3 is 2.67 bits per heavy atom. The van der Waals surface area contributed by atoms with Crippen LogP contribution in [0.15, 0.2) is 12.1 Å². The zero-order valence-corrected chi connectivity index (χ0v) is 14.0. The minimum absolute atomic E-state index is 0.0548. The molecule has 1 aromatic carbocycles. The van der Waals surface area contributed by atoms with Crippen LogP contribution in [0.1, 0.15) is 37.9 Å². The molecule has 1 saturated carbocycles. The number of aryl methyl sites for hydroxylation is 1. The second-order valence-electron chi connectivity index (χ2n) is 6.63. The van der Waals surface area contributed by atoms with E-state index < -0.39 is 0 Å². The van der Waals surface area contributed by atoms with Gasteiger partial charge in [-0.05, 0) is 19.8 Å². The van der Waals surface area contributed by atoms with Gasteiger partial charge >= 0.3 is 0 Å². The second kappa shape index (κ2) is 6.34. The Labute approximate surface area is 141 Å². The van der Waals surface area contributed by atoms with Gasteiger partial charge in [-0.3, -0.25) is 4.79 Å². The molecule has 0 saturated heterocycles. The molecule has 0 spiro atoms. The smallest absolute Gasteiger partial charge is 0.240 e. The third-order valence-electron chi connectivity index (χ3n) is 4.88. The van der Waals surface area contributed by atoms with E-state index in [9.17, 15) is 4.79 Å². The first-order chi connectivity index (χ1) is 11.7. The van der Waals surface area contributed by atoms with Crippen molar-refractivity contribution >= 4 is 16.9 Å². The summed E-state index contributed by atoms with van der Waals surface area (Å²) in [6.07, 6.45) is 5.88. The molecule has 128 valence electrons. The largest absolute Gasteiger partial charge is 0.486 e. The minimum atomic E-state index is 0.0548. The number of rotatable bonds is 3. The number of aromatic nitrogens is 2. The van der Waals surface area contributed by atoms with Gasteiger partial charge in [0, 0.05) is 18.2 Å². The molecule has 2 aliphatic rings. The van der Waals surface area contributed by atoms with E-state index in [1.165, 1.54) is 19.3 Å². The molecule has 1 aliphatic heterocycles. The minimum Gasteiger partial charge on any atom is -0.486 e. The van der Waals surface area contributed by atoms with Gasteiger partial charge in [-0.25, -0.2) is 4.98 Å². The summed E-state index contributed by atoms with van der Waals surface area (Å²) in [5, 5.41) is 3.17. The highest BCUT2D eigenvalue weighted by molar-refractivity contribution is 5.83. The molecule has 24 heavy (non-hydrogen) atoms. The average molecular weight is 329 g/mol. The number of ether oxygens (including phenoxy) is 2. The summed E-state index contributed by atoms with van der Waals surface area (Å²) >= 11 is 0. The van der Waals surface area contributed by atoms with E-state index in [1.807, 2.05) is 23.6 Å². The van der Waals surface area contributed by atoms with Crippen LogP contribution in [0.4, 0.5) is 0 Å². The van der Waals surface area contributed by atoms with Crippen molar-refractivity contribution in [1.29, 1.82) is 0 Å². The summed E-state index contributed by atoms with van der Waals surface area (Å²) in [5.41, 5.74) is 1.75. The van der Waals surface area contributed by atoms with Crippen LogP contribution < -0.4 is 14.8 Å². The van der Waals surface area contributed by atoms with Gasteiger partial charge in [-0.1, -0.05) is 19.3 Å². The maximum absolute atomic E-state index is 12.4. The molecule has 1 amide bonds. The summed E-state index contributed by atoms with van der Waals surface area (Å²) in [7, 11) is 0. The van der Waals surface area contributed by atoms with Crippen molar-refractivity contribution in [2.45, 2.75) is 51.6 Å². The summed E-state index contributed by atoms with van der Waals surface area (Å²) in [6, 6.07) is 4.15. The molecule has 1 aromatic heterocycles. The molecule has 2 heterocycles.